The molecule has 2 aromatic rings. The Morgan fingerprint density at radius 1 is 1.38 bits per heavy atom. The Labute approximate surface area is 133 Å². The van der Waals surface area contributed by atoms with Crippen LogP contribution in [0.3, 0.4) is 0 Å². The molecule has 2 heterocycles. The second-order valence-corrected chi connectivity index (χ2v) is 6.52. The van der Waals surface area contributed by atoms with Gasteiger partial charge in [0.05, 0.1) is 6.04 Å². The van der Waals surface area contributed by atoms with Crippen molar-refractivity contribution in [2.45, 2.75) is 12.6 Å². The van der Waals surface area contributed by atoms with Crippen molar-refractivity contribution >= 4 is 29.3 Å². The number of rotatable bonds is 3. The third-order valence-corrected chi connectivity index (χ3v) is 4.83. The van der Waals surface area contributed by atoms with Gasteiger partial charge in [-0.3, -0.25) is 9.48 Å². The molecule has 1 aliphatic rings. The van der Waals surface area contributed by atoms with Crippen LogP contribution in [0.4, 0.5) is 0 Å². The van der Waals surface area contributed by atoms with Crippen LogP contribution in [0.1, 0.15) is 11.6 Å². The van der Waals surface area contributed by atoms with Gasteiger partial charge in [0.25, 0.3) is 0 Å². The maximum absolute atomic E-state index is 12.5. The van der Waals surface area contributed by atoms with Crippen LogP contribution in [0, 0.1) is 0 Å². The van der Waals surface area contributed by atoms with Gasteiger partial charge in [-0.05, 0) is 23.8 Å². The molecule has 0 unspecified atom stereocenters. The molecule has 1 fully saturated rings. The van der Waals surface area contributed by atoms with E-state index in [9.17, 15) is 4.79 Å². The second-order valence-electron chi connectivity index (χ2n) is 4.93. The molecule has 110 valence electrons. The molecule has 3 rings (SSSR count). The molecule has 0 bridgehead atoms. The third kappa shape index (κ3) is 3.41. The van der Waals surface area contributed by atoms with E-state index in [2.05, 4.69) is 5.10 Å². The number of carbonyl (C=O) groups is 1. The van der Waals surface area contributed by atoms with Crippen LogP contribution in [0.15, 0.2) is 42.7 Å². The Morgan fingerprint density at radius 3 is 2.90 bits per heavy atom. The Kier molecular flexibility index (Phi) is 4.51. The molecule has 1 saturated heterocycles. The van der Waals surface area contributed by atoms with Crippen molar-refractivity contribution in [1.82, 2.24) is 14.7 Å². The lowest BCUT2D eigenvalue weighted by Gasteiger charge is -2.35. The van der Waals surface area contributed by atoms with Gasteiger partial charge in [0.15, 0.2) is 0 Å². The van der Waals surface area contributed by atoms with Crippen molar-refractivity contribution in [3.63, 3.8) is 0 Å². The fourth-order valence-electron chi connectivity index (χ4n) is 2.49. The first-order chi connectivity index (χ1) is 10.2. The first-order valence-corrected chi connectivity index (χ1v) is 8.37. The molecule has 1 aliphatic heterocycles. The van der Waals surface area contributed by atoms with E-state index in [1.807, 2.05) is 53.2 Å². The van der Waals surface area contributed by atoms with E-state index in [0.29, 0.717) is 6.54 Å². The lowest BCUT2D eigenvalue weighted by atomic mass is 10.1. The minimum absolute atomic E-state index is 0.110. The summed E-state index contributed by atoms with van der Waals surface area (Å²) in [6.45, 7) is 1.07. The number of halogens is 1. The molecule has 0 radical (unpaired) electrons. The first kappa shape index (κ1) is 14.5. The lowest BCUT2D eigenvalue weighted by molar-refractivity contribution is -0.134. The Morgan fingerprint density at radius 2 is 2.19 bits per heavy atom. The molecule has 6 heteroatoms. The Hall–Kier alpha value is -1.46. The second kappa shape index (κ2) is 6.54. The number of nitrogens with zero attached hydrogens (tertiary/aromatic N) is 3. The molecule has 1 amide bonds. The summed E-state index contributed by atoms with van der Waals surface area (Å²) in [6.07, 6.45) is 3.50. The summed E-state index contributed by atoms with van der Waals surface area (Å²) < 4.78 is 1.67. The van der Waals surface area contributed by atoms with Gasteiger partial charge in [-0.25, -0.2) is 0 Å². The number of hydrogen-bond donors (Lipinski definition) is 0. The molecule has 1 atom stereocenters. The van der Waals surface area contributed by atoms with E-state index in [0.717, 1.165) is 28.6 Å². The molecule has 0 N–H and O–H groups in total. The zero-order chi connectivity index (χ0) is 14.7. The van der Waals surface area contributed by atoms with Crippen molar-refractivity contribution in [3.8, 4) is 0 Å². The van der Waals surface area contributed by atoms with Gasteiger partial charge in [0, 0.05) is 35.5 Å². The van der Waals surface area contributed by atoms with E-state index in [1.165, 1.54) is 0 Å². The molecule has 4 nitrogen and oxygen atoms in total. The third-order valence-electron chi connectivity index (χ3n) is 3.56. The fraction of sp³-hybridized carbons (Fsp3) is 0.333. The minimum Gasteiger partial charge on any atom is -0.332 e. The number of benzene rings is 1. The standard InChI is InChI=1S/C15H16ClN3OS/c16-13-4-2-12(3-5-13)14-11-21-9-8-19(14)15(20)10-18-7-1-6-17-18/h1-7,14H,8-11H2/t14-/m1/s1. The largest absolute Gasteiger partial charge is 0.332 e. The summed E-state index contributed by atoms with van der Waals surface area (Å²) in [7, 11) is 0. The highest BCUT2D eigenvalue weighted by molar-refractivity contribution is 7.99. The molecule has 0 spiro atoms. The topological polar surface area (TPSA) is 38.1 Å². The average molecular weight is 322 g/mol. The predicted octanol–water partition coefficient (Wildman–Crippen LogP) is 2.85. The number of amides is 1. The van der Waals surface area contributed by atoms with Gasteiger partial charge >= 0.3 is 0 Å². The van der Waals surface area contributed by atoms with Crippen LogP contribution in [0.25, 0.3) is 0 Å². The smallest absolute Gasteiger partial charge is 0.244 e. The number of aromatic nitrogens is 2. The maximum Gasteiger partial charge on any atom is 0.244 e. The summed E-state index contributed by atoms with van der Waals surface area (Å²) in [6, 6.07) is 9.72. The zero-order valence-corrected chi connectivity index (χ0v) is 13.1. The summed E-state index contributed by atoms with van der Waals surface area (Å²) in [5, 5.41) is 4.83. The first-order valence-electron chi connectivity index (χ1n) is 6.84. The van der Waals surface area contributed by atoms with Gasteiger partial charge < -0.3 is 4.90 Å². The molecular weight excluding hydrogens is 306 g/mol. The highest BCUT2D eigenvalue weighted by Crippen LogP contribution is 2.30. The Balaban J connectivity index is 1.77. The van der Waals surface area contributed by atoms with Crippen molar-refractivity contribution in [2.75, 3.05) is 18.1 Å². The molecule has 1 aromatic heterocycles. The van der Waals surface area contributed by atoms with Crippen LogP contribution >= 0.6 is 23.4 Å². The van der Waals surface area contributed by atoms with Gasteiger partial charge in [0.2, 0.25) is 5.91 Å². The van der Waals surface area contributed by atoms with Crippen LogP contribution in [0.2, 0.25) is 5.02 Å². The van der Waals surface area contributed by atoms with E-state index >= 15 is 0 Å². The quantitative estimate of drug-likeness (QED) is 0.872. The zero-order valence-electron chi connectivity index (χ0n) is 11.5. The van der Waals surface area contributed by atoms with Gasteiger partial charge in [0.1, 0.15) is 6.54 Å². The summed E-state index contributed by atoms with van der Waals surface area (Å²) >= 11 is 7.83. The van der Waals surface area contributed by atoms with E-state index in [-0.39, 0.29) is 11.9 Å². The number of hydrogen-bond acceptors (Lipinski definition) is 3. The molecular formula is C15H16ClN3OS. The number of carbonyl (C=O) groups excluding carboxylic acids is 1. The van der Waals surface area contributed by atoms with Crippen molar-refractivity contribution in [2.24, 2.45) is 0 Å². The van der Waals surface area contributed by atoms with Crippen LogP contribution in [-0.4, -0.2) is 38.6 Å². The normalized spacial score (nSPS) is 18.7. The number of thioether (sulfide) groups is 1. The highest BCUT2D eigenvalue weighted by atomic mass is 35.5. The van der Waals surface area contributed by atoms with Crippen LogP contribution in [-0.2, 0) is 11.3 Å². The molecule has 21 heavy (non-hydrogen) atoms. The molecule has 0 aliphatic carbocycles. The minimum atomic E-state index is 0.110. The Bertz CT molecular complexity index is 600. The monoisotopic (exact) mass is 321 g/mol. The molecule has 1 aromatic carbocycles. The van der Waals surface area contributed by atoms with Crippen molar-refractivity contribution in [3.05, 3.63) is 53.3 Å². The van der Waals surface area contributed by atoms with Gasteiger partial charge in [-0.15, -0.1) is 0 Å². The van der Waals surface area contributed by atoms with Crippen molar-refractivity contribution < 1.29 is 4.79 Å². The fourth-order valence-corrected chi connectivity index (χ4v) is 3.70. The average Bonchev–Trinajstić information content (AvgIpc) is 3.01. The van der Waals surface area contributed by atoms with Crippen molar-refractivity contribution in [1.29, 1.82) is 0 Å². The van der Waals surface area contributed by atoms with E-state index in [4.69, 9.17) is 11.6 Å². The van der Waals surface area contributed by atoms with Gasteiger partial charge in [-0.2, -0.15) is 16.9 Å². The summed E-state index contributed by atoms with van der Waals surface area (Å²) in [4.78, 5) is 14.5. The van der Waals surface area contributed by atoms with Crippen LogP contribution in [0.5, 0.6) is 0 Å². The van der Waals surface area contributed by atoms with Gasteiger partial charge in [-0.1, -0.05) is 23.7 Å². The van der Waals surface area contributed by atoms with E-state index < -0.39 is 0 Å². The molecule has 0 saturated carbocycles. The highest BCUT2D eigenvalue weighted by Gasteiger charge is 2.28. The van der Waals surface area contributed by atoms with E-state index in [1.54, 1.807) is 10.9 Å². The summed E-state index contributed by atoms with van der Waals surface area (Å²) in [5.41, 5.74) is 1.14. The maximum atomic E-state index is 12.5. The lowest BCUT2D eigenvalue weighted by Crippen LogP contribution is -2.42. The summed E-state index contributed by atoms with van der Waals surface area (Å²) in [5.74, 6) is 2.01. The van der Waals surface area contributed by atoms with Crippen LogP contribution < -0.4 is 0 Å². The predicted molar refractivity (Wildman–Crippen MR) is 85.5 cm³/mol. The SMILES string of the molecule is O=C(Cn1cccn1)N1CCSC[C@@H]1c1ccc(Cl)cc1.